The van der Waals surface area contributed by atoms with E-state index in [0.29, 0.717) is 36.7 Å². The first kappa shape index (κ1) is 13.7. The molecule has 1 aliphatic rings. The molecule has 0 heterocycles. The maximum Gasteiger partial charge on any atom is 0.168 e. The second kappa shape index (κ2) is 5.84. The van der Waals surface area contributed by atoms with Crippen LogP contribution in [-0.2, 0) is 9.63 Å². The molecule has 17 heavy (non-hydrogen) atoms. The van der Waals surface area contributed by atoms with Crippen LogP contribution in [-0.4, -0.2) is 23.2 Å². The van der Waals surface area contributed by atoms with Crippen LogP contribution in [0, 0.1) is 11.8 Å². The molecule has 4 nitrogen and oxygen atoms in total. The zero-order chi connectivity index (χ0) is 13.0. The van der Waals surface area contributed by atoms with Gasteiger partial charge in [0.1, 0.15) is 12.4 Å². The van der Waals surface area contributed by atoms with Gasteiger partial charge in [-0.2, -0.15) is 0 Å². The maximum atomic E-state index is 11.8. The number of aliphatic hydroxyl groups is 1. The SMILES string of the molecule is CCON=C(C)C1=C(O)C(C(C)C)CCC1=O. The predicted octanol–water partition coefficient (Wildman–Crippen LogP) is 2.85. The Morgan fingerprint density at radius 3 is 2.76 bits per heavy atom. The molecule has 0 amide bonds. The van der Waals surface area contributed by atoms with Crippen LogP contribution in [0.5, 0.6) is 0 Å². The second-order valence-electron chi connectivity index (χ2n) is 4.67. The fraction of sp³-hybridized carbons (Fsp3) is 0.692. The second-order valence-corrected chi connectivity index (χ2v) is 4.67. The van der Waals surface area contributed by atoms with E-state index in [1.165, 1.54) is 0 Å². The van der Waals surface area contributed by atoms with E-state index >= 15 is 0 Å². The van der Waals surface area contributed by atoms with Gasteiger partial charge in [0.05, 0.1) is 11.3 Å². The van der Waals surface area contributed by atoms with Crippen LogP contribution in [0.4, 0.5) is 0 Å². The highest BCUT2D eigenvalue weighted by atomic mass is 16.6. The van der Waals surface area contributed by atoms with Crippen LogP contribution in [0.2, 0.25) is 0 Å². The molecule has 0 aromatic carbocycles. The number of hydrogen-bond donors (Lipinski definition) is 1. The summed E-state index contributed by atoms with van der Waals surface area (Å²) in [7, 11) is 0. The van der Waals surface area contributed by atoms with Gasteiger partial charge in [-0.1, -0.05) is 19.0 Å². The normalized spacial score (nSPS) is 22.3. The molecule has 1 rings (SSSR count). The molecule has 1 unspecified atom stereocenters. The fourth-order valence-corrected chi connectivity index (χ4v) is 2.12. The van der Waals surface area contributed by atoms with Crippen LogP contribution >= 0.6 is 0 Å². The number of carbonyl (C=O) groups is 1. The van der Waals surface area contributed by atoms with Crippen LogP contribution < -0.4 is 0 Å². The molecule has 0 aliphatic heterocycles. The Balaban J connectivity index is 3.06. The summed E-state index contributed by atoms with van der Waals surface area (Å²) in [5.74, 6) is 0.505. The Morgan fingerprint density at radius 1 is 1.59 bits per heavy atom. The Hall–Kier alpha value is -1.32. The average Bonchev–Trinajstić information content (AvgIpc) is 2.25. The third-order valence-corrected chi connectivity index (χ3v) is 3.07. The molecule has 0 saturated heterocycles. The van der Waals surface area contributed by atoms with E-state index in [1.807, 2.05) is 20.8 Å². The Bertz CT molecular complexity index is 356. The van der Waals surface area contributed by atoms with Crippen LogP contribution in [0.25, 0.3) is 0 Å². The highest BCUT2D eigenvalue weighted by molar-refractivity contribution is 6.22. The van der Waals surface area contributed by atoms with Gasteiger partial charge in [-0.15, -0.1) is 0 Å². The smallest absolute Gasteiger partial charge is 0.168 e. The van der Waals surface area contributed by atoms with Gasteiger partial charge < -0.3 is 9.94 Å². The summed E-state index contributed by atoms with van der Waals surface area (Å²) in [6.45, 7) is 8.06. The summed E-state index contributed by atoms with van der Waals surface area (Å²) in [6.07, 6.45) is 1.19. The van der Waals surface area contributed by atoms with Crippen LogP contribution in [0.1, 0.15) is 40.5 Å². The van der Waals surface area contributed by atoms with Gasteiger partial charge in [0.25, 0.3) is 0 Å². The maximum absolute atomic E-state index is 11.8. The third-order valence-electron chi connectivity index (χ3n) is 3.07. The topological polar surface area (TPSA) is 58.9 Å². The minimum atomic E-state index is -0.0413. The van der Waals surface area contributed by atoms with E-state index < -0.39 is 0 Å². The number of Topliss-reactive ketones (excluding diaryl/α,β-unsaturated/α-hetero) is 1. The quantitative estimate of drug-likeness (QED) is 0.606. The standard InChI is InChI=1S/C13H21NO3/c1-5-17-14-9(4)12-11(15)7-6-10(8(2)3)13(12)16/h8,10,16H,5-7H2,1-4H3. The summed E-state index contributed by atoms with van der Waals surface area (Å²) < 4.78 is 0. The summed E-state index contributed by atoms with van der Waals surface area (Å²) in [6, 6.07) is 0. The molecule has 0 aromatic rings. The minimum Gasteiger partial charge on any atom is -0.511 e. The molecule has 96 valence electrons. The molecular formula is C13H21NO3. The van der Waals surface area contributed by atoms with Gasteiger partial charge in [-0.25, -0.2) is 0 Å². The van der Waals surface area contributed by atoms with Crippen molar-refractivity contribution in [2.75, 3.05) is 6.61 Å². The molecule has 4 heteroatoms. The number of allylic oxidation sites excluding steroid dienone is 2. The molecule has 1 aliphatic carbocycles. The van der Waals surface area contributed by atoms with E-state index in [1.54, 1.807) is 6.92 Å². The monoisotopic (exact) mass is 239 g/mol. The van der Waals surface area contributed by atoms with E-state index in [2.05, 4.69) is 5.16 Å². The van der Waals surface area contributed by atoms with Crippen molar-refractivity contribution in [3.8, 4) is 0 Å². The summed E-state index contributed by atoms with van der Waals surface area (Å²) in [5.41, 5.74) is 0.822. The molecule has 0 spiro atoms. The van der Waals surface area contributed by atoms with Crippen LogP contribution in [0.15, 0.2) is 16.5 Å². The summed E-state index contributed by atoms with van der Waals surface area (Å²) >= 11 is 0. The lowest BCUT2D eigenvalue weighted by molar-refractivity contribution is -0.116. The first-order valence-corrected chi connectivity index (χ1v) is 6.12. The van der Waals surface area contributed by atoms with Gasteiger partial charge in [-0.3, -0.25) is 4.79 Å². The molecule has 1 N–H and O–H groups in total. The number of oxime groups is 1. The Morgan fingerprint density at radius 2 is 2.24 bits per heavy atom. The zero-order valence-electron chi connectivity index (χ0n) is 11.0. The van der Waals surface area contributed by atoms with Crippen molar-refractivity contribution < 1.29 is 14.7 Å². The van der Waals surface area contributed by atoms with Crippen molar-refractivity contribution in [1.82, 2.24) is 0 Å². The van der Waals surface area contributed by atoms with Crippen molar-refractivity contribution in [3.63, 3.8) is 0 Å². The number of hydrogen-bond acceptors (Lipinski definition) is 4. The number of ketones is 1. The predicted molar refractivity (Wildman–Crippen MR) is 67.0 cm³/mol. The fourth-order valence-electron chi connectivity index (χ4n) is 2.12. The van der Waals surface area contributed by atoms with Gasteiger partial charge in [0.15, 0.2) is 5.78 Å². The number of aliphatic hydroxyl groups excluding tert-OH is 1. The average molecular weight is 239 g/mol. The van der Waals surface area contributed by atoms with Crippen molar-refractivity contribution in [2.45, 2.75) is 40.5 Å². The zero-order valence-corrected chi connectivity index (χ0v) is 11.0. The van der Waals surface area contributed by atoms with E-state index in [9.17, 15) is 9.90 Å². The highest BCUT2D eigenvalue weighted by Crippen LogP contribution is 2.32. The largest absolute Gasteiger partial charge is 0.511 e. The van der Waals surface area contributed by atoms with Gasteiger partial charge >= 0.3 is 0 Å². The Kier molecular flexibility index (Phi) is 4.73. The van der Waals surface area contributed by atoms with Crippen molar-refractivity contribution in [3.05, 3.63) is 11.3 Å². The highest BCUT2D eigenvalue weighted by Gasteiger charge is 2.31. The number of carbonyl (C=O) groups excluding carboxylic acids is 1. The summed E-state index contributed by atoms with van der Waals surface area (Å²) in [4.78, 5) is 16.8. The van der Waals surface area contributed by atoms with E-state index in [-0.39, 0.29) is 17.5 Å². The number of nitrogens with zero attached hydrogens (tertiary/aromatic N) is 1. The molecule has 0 radical (unpaired) electrons. The lowest BCUT2D eigenvalue weighted by Gasteiger charge is -2.26. The molecule has 1 atom stereocenters. The molecule has 0 aromatic heterocycles. The van der Waals surface area contributed by atoms with Crippen molar-refractivity contribution in [2.24, 2.45) is 17.0 Å². The van der Waals surface area contributed by atoms with Gasteiger partial charge in [0, 0.05) is 12.3 Å². The third kappa shape index (κ3) is 3.08. The molecule has 0 fully saturated rings. The minimum absolute atomic E-state index is 0.0413. The van der Waals surface area contributed by atoms with Crippen molar-refractivity contribution in [1.29, 1.82) is 0 Å². The lowest BCUT2D eigenvalue weighted by Crippen LogP contribution is -2.26. The van der Waals surface area contributed by atoms with E-state index in [4.69, 9.17) is 4.84 Å². The number of rotatable bonds is 4. The Labute approximate surface area is 102 Å². The lowest BCUT2D eigenvalue weighted by atomic mass is 9.80. The molecule has 0 bridgehead atoms. The van der Waals surface area contributed by atoms with Gasteiger partial charge in [0.2, 0.25) is 0 Å². The van der Waals surface area contributed by atoms with E-state index in [0.717, 1.165) is 0 Å². The first-order valence-electron chi connectivity index (χ1n) is 6.12. The first-order chi connectivity index (χ1) is 7.99. The summed E-state index contributed by atoms with van der Waals surface area (Å²) in [5, 5.41) is 14.0. The van der Waals surface area contributed by atoms with Crippen molar-refractivity contribution >= 4 is 11.5 Å². The van der Waals surface area contributed by atoms with Gasteiger partial charge in [-0.05, 0) is 26.2 Å². The molecule has 0 saturated carbocycles. The van der Waals surface area contributed by atoms with Crippen LogP contribution in [0.3, 0.4) is 0 Å². The molecular weight excluding hydrogens is 218 g/mol.